The Hall–Kier alpha value is -3.18. The highest BCUT2D eigenvalue weighted by atomic mass is 35.5. The van der Waals surface area contributed by atoms with Crippen molar-refractivity contribution in [1.29, 1.82) is 0 Å². The van der Waals surface area contributed by atoms with Gasteiger partial charge in [-0.2, -0.15) is 0 Å². The number of halogens is 1. The smallest absolute Gasteiger partial charge is 0.264 e. The number of likely N-dealkylation sites (N-methyl/N-ethyl adjacent to an activating group) is 1. The molecule has 41 heavy (non-hydrogen) atoms. The summed E-state index contributed by atoms with van der Waals surface area (Å²) in [7, 11) is -3.75. The molecule has 1 aliphatic heterocycles. The number of para-hydroxylation sites is 2. The molecule has 0 unspecified atom stereocenters. The van der Waals surface area contributed by atoms with Crippen molar-refractivity contribution in [3.05, 3.63) is 77.9 Å². The van der Waals surface area contributed by atoms with Crippen LogP contribution in [0, 0.1) is 0 Å². The number of carbonyl (C=O) groups is 1. The van der Waals surface area contributed by atoms with Gasteiger partial charge in [-0.05, 0) is 74.5 Å². The third-order valence-electron chi connectivity index (χ3n) is 7.21. The first kappa shape index (κ1) is 30.8. The predicted octanol–water partition coefficient (Wildman–Crippen LogP) is 5.86. The second-order valence-corrected chi connectivity index (χ2v) is 12.4. The van der Waals surface area contributed by atoms with E-state index in [1.807, 2.05) is 49.4 Å². The molecule has 1 amide bonds. The summed E-state index contributed by atoms with van der Waals surface area (Å²) in [5, 5.41) is 0.588. The number of rotatable bonds is 11. The van der Waals surface area contributed by atoms with Gasteiger partial charge in [-0.3, -0.25) is 14.0 Å². The fraction of sp³-hybridized carbons (Fsp3) is 0.333. The summed E-state index contributed by atoms with van der Waals surface area (Å²) in [6, 6.07) is 19.6. The van der Waals surface area contributed by atoms with Crippen LogP contribution in [-0.2, 0) is 16.4 Å². The van der Waals surface area contributed by atoms with E-state index < -0.39 is 10.0 Å². The van der Waals surface area contributed by atoms with Crippen LogP contribution in [0.3, 0.4) is 0 Å². The van der Waals surface area contributed by atoms with Gasteiger partial charge in [0.2, 0.25) is 0 Å². The number of amides is 1. The van der Waals surface area contributed by atoms with E-state index in [0.29, 0.717) is 54.8 Å². The van der Waals surface area contributed by atoms with Crippen LogP contribution < -0.4 is 13.9 Å². The van der Waals surface area contributed by atoms with Crippen LogP contribution in [0.1, 0.15) is 36.7 Å². The zero-order chi connectivity index (χ0) is 28.3. The van der Waals surface area contributed by atoms with Crippen LogP contribution in [0.15, 0.2) is 71.6 Å². The van der Waals surface area contributed by atoms with E-state index in [1.54, 1.807) is 17.0 Å². The van der Waals surface area contributed by atoms with E-state index in [0.717, 1.165) is 28.9 Å². The molecule has 1 aromatic heterocycles. The summed E-state index contributed by atoms with van der Waals surface area (Å²) in [5.74, 6) is 0.469. The Labute approximate surface area is 252 Å². The van der Waals surface area contributed by atoms with Gasteiger partial charge in [0.15, 0.2) is 5.13 Å². The fourth-order valence-electron chi connectivity index (χ4n) is 4.97. The molecule has 0 N–H and O–H groups in total. The highest BCUT2D eigenvalue weighted by molar-refractivity contribution is 7.92. The lowest BCUT2D eigenvalue weighted by Crippen LogP contribution is -2.39. The number of ether oxygens (including phenoxy) is 1. The quantitative estimate of drug-likeness (QED) is 0.211. The Bertz CT molecular complexity index is 1600. The van der Waals surface area contributed by atoms with Gasteiger partial charge in [-0.1, -0.05) is 49.4 Å². The maximum absolute atomic E-state index is 13.9. The number of aromatic nitrogens is 1. The molecule has 2 heterocycles. The lowest BCUT2D eigenvalue weighted by molar-refractivity contribution is 0.0983. The molecule has 1 aliphatic rings. The summed E-state index contributed by atoms with van der Waals surface area (Å²) in [6.45, 7) is 9.94. The minimum absolute atomic E-state index is 0. The number of fused-ring (bicyclic) bond motifs is 2. The molecule has 0 saturated heterocycles. The van der Waals surface area contributed by atoms with Crippen molar-refractivity contribution in [2.24, 2.45) is 0 Å². The zero-order valence-corrected chi connectivity index (χ0v) is 25.9. The second kappa shape index (κ2) is 13.2. The second-order valence-electron chi connectivity index (χ2n) is 9.50. The number of hydrogen-bond acceptors (Lipinski definition) is 7. The van der Waals surface area contributed by atoms with Gasteiger partial charge in [0, 0.05) is 25.2 Å². The highest BCUT2D eigenvalue weighted by Crippen LogP contribution is 2.35. The molecule has 0 fully saturated rings. The predicted molar refractivity (Wildman–Crippen MR) is 169 cm³/mol. The Morgan fingerprint density at radius 3 is 2.41 bits per heavy atom. The standard InChI is InChI=1S/C30H34N4O4S2.ClH/c1-4-32(5-2)20-21-33(30-31-28-26(38-6-3)12-9-13-27(28)39-30)29(35)23-14-16-24(17-15-23)40(36,37)34-19-18-22-10-7-8-11-25(22)34;/h7-17H,4-6,18-21H2,1-3H3;1H. The third kappa shape index (κ3) is 6.21. The number of thiazole rings is 1. The van der Waals surface area contributed by atoms with E-state index >= 15 is 0 Å². The molecule has 4 aromatic rings. The van der Waals surface area contributed by atoms with Crippen molar-refractivity contribution >= 4 is 60.7 Å². The van der Waals surface area contributed by atoms with E-state index in [4.69, 9.17) is 9.72 Å². The number of carbonyl (C=O) groups excluding carboxylic acids is 1. The van der Waals surface area contributed by atoms with Crippen LogP contribution in [-0.4, -0.2) is 63.5 Å². The Balaban J connectivity index is 0.00000387. The molecule has 0 aliphatic carbocycles. The Morgan fingerprint density at radius 2 is 1.71 bits per heavy atom. The first-order valence-corrected chi connectivity index (χ1v) is 15.9. The summed E-state index contributed by atoms with van der Waals surface area (Å²) < 4.78 is 35.1. The molecule has 218 valence electrons. The summed E-state index contributed by atoms with van der Waals surface area (Å²) in [4.78, 5) is 22.8. The molecule has 8 nitrogen and oxygen atoms in total. The van der Waals surface area contributed by atoms with Crippen LogP contribution >= 0.6 is 23.7 Å². The van der Waals surface area contributed by atoms with Crippen molar-refractivity contribution in [2.75, 3.05) is 48.5 Å². The van der Waals surface area contributed by atoms with Crippen molar-refractivity contribution in [3.63, 3.8) is 0 Å². The molecular weight excluding hydrogens is 580 g/mol. The number of nitrogens with zero attached hydrogens (tertiary/aromatic N) is 4. The maximum atomic E-state index is 13.9. The van der Waals surface area contributed by atoms with Crippen molar-refractivity contribution < 1.29 is 17.9 Å². The zero-order valence-electron chi connectivity index (χ0n) is 23.4. The number of sulfonamides is 1. The molecule has 0 bridgehead atoms. The summed E-state index contributed by atoms with van der Waals surface area (Å²) in [5.41, 5.74) is 2.87. The lowest BCUT2D eigenvalue weighted by atomic mass is 10.2. The van der Waals surface area contributed by atoms with Crippen molar-refractivity contribution in [1.82, 2.24) is 9.88 Å². The first-order chi connectivity index (χ1) is 19.4. The average Bonchev–Trinajstić information content (AvgIpc) is 3.61. The molecule has 11 heteroatoms. The van der Waals surface area contributed by atoms with E-state index in [2.05, 4.69) is 18.7 Å². The van der Waals surface area contributed by atoms with Crippen molar-refractivity contribution in [3.8, 4) is 5.75 Å². The SMILES string of the molecule is CCOc1cccc2sc(N(CCN(CC)CC)C(=O)c3ccc(S(=O)(=O)N4CCc5ccccc54)cc3)nc12.Cl. The molecule has 0 spiro atoms. The van der Waals surface area contributed by atoms with Crippen LogP contribution in [0.25, 0.3) is 10.2 Å². The Morgan fingerprint density at radius 1 is 0.976 bits per heavy atom. The largest absolute Gasteiger partial charge is 0.492 e. The minimum Gasteiger partial charge on any atom is -0.492 e. The first-order valence-electron chi connectivity index (χ1n) is 13.6. The van der Waals surface area contributed by atoms with Crippen molar-refractivity contribution in [2.45, 2.75) is 32.1 Å². The number of anilines is 2. The molecule has 3 aromatic carbocycles. The van der Waals surface area contributed by atoms with Crippen LogP contribution in [0.5, 0.6) is 5.75 Å². The molecule has 0 radical (unpaired) electrons. The topological polar surface area (TPSA) is 83.0 Å². The summed E-state index contributed by atoms with van der Waals surface area (Å²) in [6.07, 6.45) is 0.681. The normalized spacial score (nSPS) is 12.8. The monoisotopic (exact) mass is 614 g/mol. The van der Waals surface area contributed by atoms with Gasteiger partial charge in [-0.15, -0.1) is 12.4 Å². The maximum Gasteiger partial charge on any atom is 0.264 e. The van der Waals surface area contributed by atoms with Crippen LogP contribution in [0.2, 0.25) is 0 Å². The van der Waals surface area contributed by atoms with Gasteiger partial charge in [0.1, 0.15) is 11.3 Å². The number of hydrogen-bond donors (Lipinski definition) is 0. The molecule has 5 rings (SSSR count). The van der Waals surface area contributed by atoms with Gasteiger partial charge >= 0.3 is 0 Å². The minimum atomic E-state index is -3.75. The van der Waals surface area contributed by atoms with Gasteiger partial charge in [0.05, 0.1) is 21.9 Å². The van der Waals surface area contributed by atoms with Gasteiger partial charge in [-0.25, -0.2) is 13.4 Å². The summed E-state index contributed by atoms with van der Waals surface area (Å²) >= 11 is 1.45. The molecule has 0 atom stereocenters. The van der Waals surface area contributed by atoms with Gasteiger partial charge in [0.25, 0.3) is 15.9 Å². The lowest BCUT2D eigenvalue weighted by Gasteiger charge is -2.25. The molecular formula is C30H35ClN4O4S2. The fourth-order valence-corrected chi connectivity index (χ4v) is 7.49. The third-order valence-corrected chi connectivity index (χ3v) is 10.1. The molecule has 0 saturated carbocycles. The van der Waals surface area contributed by atoms with E-state index in [-0.39, 0.29) is 23.2 Å². The van der Waals surface area contributed by atoms with Gasteiger partial charge < -0.3 is 9.64 Å². The average molecular weight is 615 g/mol. The van der Waals surface area contributed by atoms with E-state index in [1.165, 1.54) is 27.8 Å². The van der Waals surface area contributed by atoms with Crippen LogP contribution in [0.4, 0.5) is 10.8 Å². The Kier molecular flexibility index (Phi) is 9.91. The highest BCUT2D eigenvalue weighted by Gasteiger charge is 2.31. The number of benzene rings is 3. The van der Waals surface area contributed by atoms with E-state index in [9.17, 15) is 13.2 Å².